The molecule has 1 aliphatic rings. The predicted octanol–water partition coefficient (Wildman–Crippen LogP) is 5.16. The molecule has 126 valence electrons. The van der Waals surface area contributed by atoms with Crippen LogP contribution in [-0.2, 0) is 4.74 Å². The highest BCUT2D eigenvalue weighted by Crippen LogP contribution is 2.37. The van der Waals surface area contributed by atoms with E-state index >= 15 is 0 Å². The summed E-state index contributed by atoms with van der Waals surface area (Å²) in [5, 5.41) is 3.70. The van der Waals surface area contributed by atoms with Gasteiger partial charge in [0.2, 0.25) is 0 Å². The summed E-state index contributed by atoms with van der Waals surface area (Å²) in [6, 6.07) is 0. The monoisotopic (exact) mass is 297 g/mol. The molecule has 21 heavy (non-hydrogen) atoms. The van der Waals surface area contributed by atoms with E-state index in [0.717, 1.165) is 18.9 Å². The summed E-state index contributed by atoms with van der Waals surface area (Å²) in [4.78, 5) is 0. The molecule has 0 bridgehead atoms. The number of ether oxygens (including phenoxy) is 1. The van der Waals surface area contributed by atoms with E-state index in [4.69, 9.17) is 4.74 Å². The Kier molecular flexibility index (Phi) is 7.19. The molecule has 0 radical (unpaired) electrons. The van der Waals surface area contributed by atoms with E-state index < -0.39 is 0 Å². The lowest BCUT2D eigenvalue weighted by Crippen LogP contribution is -2.52. The van der Waals surface area contributed by atoms with Crippen LogP contribution in [0.2, 0.25) is 0 Å². The van der Waals surface area contributed by atoms with E-state index in [1.54, 1.807) is 0 Å². The van der Waals surface area contributed by atoms with E-state index in [1.807, 2.05) is 0 Å². The second-order valence-corrected chi connectivity index (χ2v) is 8.70. The second-order valence-electron chi connectivity index (χ2n) is 8.70. The van der Waals surface area contributed by atoms with Crippen LogP contribution in [0.15, 0.2) is 0 Å². The first-order chi connectivity index (χ1) is 9.66. The van der Waals surface area contributed by atoms with Crippen molar-refractivity contribution in [3.8, 4) is 0 Å². The Bertz CT molecular complexity index is 284. The fourth-order valence-electron chi connectivity index (χ4n) is 3.51. The van der Waals surface area contributed by atoms with Gasteiger partial charge in [-0.3, -0.25) is 0 Å². The summed E-state index contributed by atoms with van der Waals surface area (Å²) in [5.41, 5.74) is 0.229. The Hall–Kier alpha value is -0.0800. The Labute approximate surface area is 133 Å². The Morgan fingerprint density at radius 1 is 1.14 bits per heavy atom. The molecule has 1 unspecified atom stereocenters. The predicted molar refractivity (Wildman–Crippen MR) is 92.7 cm³/mol. The molecule has 2 nitrogen and oxygen atoms in total. The average molecular weight is 298 g/mol. The Balaban J connectivity index is 2.66. The molecule has 0 aromatic heterocycles. The molecule has 1 N–H and O–H groups in total. The molecule has 1 rings (SSSR count). The van der Waals surface area contributed by atoms with E-state index in [-0.39, 0.29) is 11.1 Å². The van der Waals surface area contributed by atoms with Crippen LogP contribution in [0, 0.1) is 11.8 Å². The fourth-order valence-corrected chi connectivity index (χ4v) is 3.51. The van der Waals surface area contributed by atoms with Gasteiger partial charge in [0.25, 0.3) is 0 Å². The van der Waals surface area contributed by atoms with Crippen LogP contribution in [-0.4, -0.2) is 23.8 Å². The summed E-state index contributed by atoms with van der Waals surface area (Å²) in [5.74, 6) is 1.62. The van der Waals surface area contributed by atoms with Gasteiger partial charge in [-0.15, -0.1) is 0 Å². The molecule has 0 spiro atoms. The highest BCUT2D eigenvalue weighted by atomic mass is 16.5. The molecule has 0 saturated heterocycles. The van der Waals surface area contributed by atoms with Gasteiger partial charge in [0.15, 0.2) is 0 Å². The summed E-state index contributed by atoms with van der Waals surface area (Å²) >= 11 is 0. The minimum atomic E-state index is 0.0628. The van der Waals surface area contributed by atoms with Crippen molar-refractivity contribution >= 4 is 0 Å². The zero-order valence-corrected chi connectivity index (χ0v) is 15.6. The normalized spacial score (nSPS) is 28.9. The third kappa shape index (κ3) is 7.15. The average Bonchev–Trinajstić information content (AvgIpc) is 2.35. The van der Waals surface area contributed by atoms with Gasteiger partial charge in [0.1, 0.15) is 0 Å². The highest BCUT2D eigenvalue weighted by Gasteiger charge is 2.37. The molecular weight excluding hydrogens is 258 g/mol. The van der Waals surface area contributed by atoms with Crippen LogP contribution in [0.1, 0.15) is 87.0 Å². The maximum atomic E-state index is 6.62. The van der Waals surface area contributed by atoms with Crippen LogP contribution >= 0.6 is 0 Å². The molecule has 1 saturated carbocycles. The van der Waals surface area contributed by atoms with Crippen molar-refractivity contribution in [2.45, 2.75) is 104 Å². The molecular formula is C19H39NO. The summed E-state index contributed by atoms with van der Waals surface area (Å²) in [6.45, 7) is 16.9. The van der Waals surface area contributed by atoms with Crippen LogP contribution in [0.3, 0.4) is 0 Å². The third-order valence-corrected chi connectivity index (χ3v) is 4.79. The minimum absolute atomic E-state index is 0.0628. The Morgan fingerprint density at radius 2 is 1.71 bits per heavy atom. The molecule has 1 aliphatic carbocycles. The molecule has 0 aromatic carbocycles. The fraction of sp³-hybridized carbons (Fsp3) is 1.00. The SMILES string of the molecule is CCC1CCC(CNC(C)(C)C)(OC(C)CC(C)C)CC1. The van der Waals surface area contributed by atoms with Crippen molar-refractivity contribution in [2.75, 3.05) is 6.54 Å². The van der Waals surface area contributed by atoms with Crippen molar-refractivity contribution in [1.29, 1.82) is 0 Å². The van der Waals surface area contributed by atoms with Gasteiger partial charge < -0.3 is 10.1 Å². The zero-order chi connectivity index (χ0) is 16.1. The van der Waals surface area contributed by atoms with Crippen LogP contribution in [0.4, 0.5) is 0 Å². The van der Waals surface area contributed by atoms with Crippen molar-refractivity contribution < 1.29 is 4.74 Å². The first-order valence-electron chi connectivity index (χ1n) is 9.08. The van der Waals surface area contributed by atoms with Gasteiger partial charge in [0.05, 0.1) is 11.7 Å². The van der Waals surface area contributed by atoms with Gasteiger partial charge in [-0.25, -0.2) is 0 Å². The molecule has 1 fully saturated rings. The van der Waals surface area contributed by atoms with Crippen LogP contribution < -0.4 is 5.32 Å². The van der Waals surface area contributed by atoms with Gasteiger partial charge in [0, 0.05) is 12.1 Å². The van der Waals surface area contributed by atoms with E-state index in [9.17, 15) is 0 Å². The molecule has 0 aliphatic heterocycles. The topological polar surface area (TPSA) is 21.3 Å². The number of hydrogen-bond acceptors (Lipinski definition) is 2. The lowest BCUT2D eigenvalue weighted by atomic mass is 9.77. The molecule has 0 aromatic rings. The first kappa shape index (κ1) is 19.0. The number of nitrogens with one attached hydrogen (secondary N) is 1. The lowest BCUT2D eigenvalue weighted by Gasteiger charge is -2.43. The maximum Gasteiger partial charge on any atom is 0.0810 e. The van der Waals surface area contributed by atoms with Crippen molar-refractivity contribution in [1.82, 2.24) is 5.32 Å². The van der Waals surface area contributed by atoms with E-state index in [0.29, 0.717) is 12.0 Å². The number of rotatable bonds is 7. The van der Waals surface area contributed by atoms with Crippen molar-refractivity contribution in [3.63, 3.8) is 0 Å². The zero-order valence-electron chi connectivity index (χ0n) is 15.6. The van der Waals surface area contributed by atoms with Crippen LogP contribution in [0.25, 0.3) is 0 Å². The van der Waals surface area contributed by atoms with Gasteiger partial charge in [-0.2, -0.15) is 0 Å². The molecule has 2 heteroatoms. The maximum absolute atomic E-state index is 6.62. The molecule has 0 heterocycles. The standard InChI is InChI=1S/C19H39NO/c1-8-17-9-11-19(12-10-17,14-20-18(5,6)7)21-16(4)13-15(2)3/h15-17,20H,8-14H2,1-7H3. The largest absolute Gasteiger partial charge is 0.371 e. The highest BCUT2D eigenvalue weighted by molar-refractivity contribution is 4.91. The minimum Gasteiger partial charge on any atom is -0.371 e. The lowest BCUT2D eigenvalue weighted by molar-refractivity contribution is -0.119. The Morgan fingerprint density at radius 3 is 2.14 bits per heavy atom. The van der Waals surface area contributed by atoms with Crippen LogP contribution in [0.5, 0.6) is 0 Å². The van der Waals surface area contributed by atoms with Crippen molar-refractivity contribution in [3.05, 3.63) is 0 Å². The molecule has 1 atom stereocenters. The van der Waals surface area contributed by atoms with E-state index in [1.165, 1.54) is 32.1 Å². The summed E-state index contributed by atoms with van der Waals surface area (Å²) in [6.07, 6.45) is 7.95. The van der Waals surface area contributed by atoms with Gasteiger partial charge >= 0.3 is 0 Å². The van der Waals surface area contributed by atoms with Gasteiger partial charge in [-0.1, -0.05) is 27.2 Å². The quantitative estimate of drug-likeness (QED) is 0.700. The number of hydrogen-bond donors (Lipinski definition) is 1. The summed E-state index contributed by atoms with van der Waals surface area (Å²) in [7, 11) is 0. The second kappa shape index (κ2) is 7.97. The smallest absolute Gasteiger partial charge is 0.0810 e. The van der Waals surface area contributed by atoms with Crippen molar-refractivity contribution in [2.24, 2.45) is 11.8 Å². The van der Waals surface area contributed by atoms with Gasteiger partial charge in [-0.05, 0) is 71.6 Å². The third-order valence-electron chi connectivity index (χ3n) is 4.79. The summed E-state index contributed by atoms with van der Waals surface area (Å²) < 4.78 is 6.62. The van der Waals surface area contributed by atoms with E-state index in [2.05, 4.69) is 53.8 Å². The molecule has 0 amide bonds. The first-order valence-corrected chi connectivity index (χ1v) is 9.08.